The Morgan fingerprint density at radius 1 is 1.30 bits per heavy atom. The second-order valence-electron chi connectivity index (χ2n) is 5.56. The Bertz CT molecular complexity index is 581. The zero-order chi connectivity index (χ0) is 14.9. The van der Waals surface area contributed by atoms with Crippen LogP contribution < -0.4 is 0 Å². The Kier molecular flexibility index (Phi) is 5.16. The van der Waals surface area contributed by atoms with E-state index >= 15 is 0 Å². The van der Waals surface area contributed by atoms with Crippen LogP contribution in [0.25, 0.3) is 0 Å². The molecule has 0 spiro atoms. The molecule has 1 fully saturated rings. The van der Waals surface area contributed by atoms with Gasteiger partial charge in [0.2, 0.25) is 10.0 Å². The van der Waals surface area contributed by atoms with E-state index in [0.717, 1.165) is 17.3 Å². The lowest BCUT2D eigenvalue weighted by molar-refractivity contribution is 0.226. The van der Waals surface area contributed by atoms with E-state index in [1.807, 2.05) is 0 Å². The van der Waals surface area contributed by atoms with Gasteiger partial charge in [-0.15, -0.1) is 0 Å². The van der Waals surface area contributed by atoms with Crippen LogP contribution in [-0.4, -0.2) is 25.8 Å². The van der Waals surface area contributed by atoms with E-state index in [1.54, 1.807) is 22.5 Å². The van der Waals surface area contributed by atoms with Gasteiger partial charge in [-0.2, -0.15) is 4.31 Å². The Morgan fingerprint density at radius 2 is 1.90 bits per heavy atom. The van der Waals surface area contributed by atoms with E-state index < -0.39 is 10.0 Å². The summed E-state index contributed by atoms with van der Waals surface area (Å²) < 4.78 is 27.6. The molecule has 112 valence electrons. The lowest BCUT2D eigenvalue weighted by atomic mass is 9.87. The van der Waals surface area contributed by atoms with Crippen LogP contribution in [0.5, 0.6) is 0 Å². The molecule has 0 radical (unpaired) electrons. The Hall–Kier alpha value is -0.100. The van der Waals surface area contributed by atoms with Gasteiger partial charge in [-0.05, 0) is 42.9 Å². The first-order valence-corrected chi connectivity index (χ1v) is 9.38. The van der Waals surface area contributed by atoms with E-state index in [2.05, 4.69) is 29.8 Å². The van der Waals surface area contributed by atoms with E-state index in [0.29, 0.717) is 24.9 Å². The minimum Gasteiger partial charge on any atom is -0.207 e. The van der Waals surface area contributed by atoms with Crippen molar-refractivity contribution in [1.29, 1.82) is 0 Å². The minimum absolute atomic E-state index is 0.199. The maximum absolute atomic E-state index is 12.6. The van der Waals surface area contributed by atoms with E-state index in [-0.39, 0.29) is 9.92 Å². The van der Waals surface area contributed by atoms with Gasteiger partial charge >= 0.3 is 0 Å². The quantitative estimate of drug-likeness (QED) is 0.789. The molecule has 2 rings (SSSR count). The molecule has 1 aromatic carbocycles. The number of sulfonamides is 1. The largest absolute Gasteiger partial charge is 0.244 e. The fraction of sp³-hybridized carbons (Fsp3) is 0.571. The summed E-state index contributed by atoms with van der Waals surface area (Å²) in [4.78, 5) is 0.199. The highest BCUT2D eigenvalue weighted by Crippen LogP contribution is 2.31. The van der Waals surface area contributed by atoms with Crippen molar-refractivity contribution in [2.24, 2.45) is 11.8 Å². The zero-order valence-electron chi connectivity index (χ0n) is 11.6. The monoisotopic (exact) mass is 379 g/mol. The smallest absolute Gasteiger partial charge is 0.207 e. The fourth-order valence-electron chi connectivity index (χ4n) is 2.61. The van der Waals surface area contributed by atoms with Gasteiger partial charge in [-0.25, -0.2) is 8.42 Å². The third kappa shape index (κ3) is 3.38. The molecule has 0 unspecified atom stereocenters. The van der Waals surface area contributed by atoms with Crippen LogP contribution in [0.2, 0.25) is 5.02 Å². The zero-order valence-corrected chi connectivity index (χ0v) is 14.8. The average Bonchev–Trinajstić information content (AvgIpc) is 2.38. The van der Waals surface area contributed by atoms with Crippen LogP contribution in [0, 0.1) is 11.8 Å². The molecule has 20 heavy (non-hydrogen) atoms. The Labute approximate surface area is 134 Å². The molecule has 1 aromatic rings. The van der Waals surface area contributed by atoms with Crippen LogP contribution in [0.1, 0.15) is 26.7 Å². The Morgan fingerprint density at radius 3 is 2.40 bits per heavy atom. The van der Waals surface area contributed by atoms with E-state index in [9.17, 15) is 8.42 Å². The van der Waals surface area contributed by atoms with Gasteiger partial charge < -0.3 is 0 Å². The van der Waals surface area contributed by atoms with Gasteiger partial charge in [0, 0.05) is 17.6 Å². The topological polar surface area (TPSA) is 37.4 Å². The number of halogens is 2. The summed E-state index contributed by atoms with van der Waals surface area (Å²) >= 11 is 9.37. The lowest BCUT2D eigenvalue weighted by Crippen LogP contribution is -2.39. The lowest BCUT2D eigenvalue weighted by Gasteiger charge is -2.33. The maximum atomic E-state index is 12.6. The first-order valence-electron chi connectivity index (χ1n) is 6.77. The normalized spacial score (nSPS) is 18.6. The van der Waals surface area contributed by atoms with Crippen molar-refractivity contribution >= 4 is 37.6 Å². The second-order valence-corrected chi connectivity index (χ2v) is 8.79. The van der Waals surface area contributed by atoms with Crippen molar-refractivity contribution in [1.82, 2.24) is 4.31 Å². The third-order valence-corrected chi connectivity index (χ3v) is 6.83. The standard InChI is InChI=1S/C14H19BrClNO2S/c1-10(2)11-5-7-17(8-6-11)20(18,19)14-4-3-12(15)9-13(14)16/h3-4,9-11H,5-8H2,1-2H3. The van der Waals surface area contributed by atoms with Crippen molar-refractivity contribution < 1.29 is 8.42 Å². The fourth-order valence-corrected chi connectivity index (χ4v) is 5.09. The maximum Gasteiger partial charge on any atom is 0.244 e. The van der Waals surface area contributed by atoms with Crippen molar-refractivity contribution in [3.05, 3.63) is 27.7 Å². The first kappa shape index (κ1) is 16.3. The summed E-state index contributed by atoms with van der Waals surface area (Å²) in [5, 5.41) is 0.269. The summed E-state index contributed by atoms with van der Waals surface area (Å²) in [7, 11) is -3.48. The van der Waals surface area contributed by atoms with Crippen molar-refractivity contribution in [2.45, 2.75) is 31.6 Å². The van der Waals surface area contributed by atoms with Gasteiger partial charge in [0.25, 0.3) is 0 Å². The summed E-state index contributed by atoms with van der Waals surface area (Å²) in [6.45, 7) is 5.55. The molecule has 1 heterocycles. The molecule has 3 nitrogen and oxygen atoms in total. The first-order chi connectivity index (χ1) is 9.32. The predicted molar refractivity (Wildman–Crippen MR) is 85.5 cm³/mol. The van der Waals surface area contributed by atoms with Gasteiger partial charge in [0.05, 0.1) is 5.02 Å². The van der Waals surface area contributed by atoms with Crippen molar-refractivity contribution in [3.63, 3.8) is 0 Å². The van der Waals surface area contributed by atoms with Crippen LogP contribution in [0.3, 0.4) is 0 Å². The molecule has 1 aliphatic heterocycles. The summed E-state index contributed by atoms with van der Waals surface area (Å²) in [6.07, 6.45) is 1.84. The van der Waals surface area contributed by atoms with Crippen LogP contribution >= 0.6 is 27.5 Å². The highest BCUT2D eigenvalue weighted by Gasteiger charge is 2.31. The number of benzene rings is 1. The number of rotatable bonds is 3. The molecule has 6 heteroatoms. The molecule has 0 amide bonds. The molecule has 0 atom stereocenters. The molecule has 0 aromatic heterocycles. The van der Waals surface area contributed by atoms with E-state index in [1.165, 1.54) is 0 Å². The number of piperidine rings is 1. The molecular formula is C14H19BrClNO2S. The Balaban J connectivity index is 2.20. The molecule has 0 bridgehead atoms. The summed E-state index contributed by atoms with van der Waals surface area (Å²) in [5.41, 5.74) is 0. The van der Waals surface area contributed by atoms with Gasteiger partial charge in [-0.1, -0.05) is 41.4 Å². The summed E-state index contributed by atoms with van der Waals surface area (Å²) in [5.74, 6) is 1.22. The SMILES string of the molecule is CC(C)C1CCN(S(=O)(=O)c2ccc(Br)cc2Cl)CC1. The predicted octanol–water partition coefficient (Wildman–Crippen LogP) is 4.16. The molecule has 1 saturated heterocycles. The average molecular weight is 381 g/mol. The van der Waals surface area contributed by atoms with Gasteiger partial charge in [-0.3, -0.25) is 0 Å². The molecule has 1 aliphatic rings. The molecule has 0 saturated carbocycles. The highest BCUT2D eigenvalue weighted by molar-refractivity contribution is 9.10. The molecule has 0 N–H and O–H groups in total. The second kappa shape index (κ2) is 6.34. The van der Waals surface area contributed by atoms with Crippen LogP contribution in [0.15, 0.2) is 27.6 Å². The molecular weight excluding hydrogens is 362 g/mol. The minimum atomic E-state index is -3.48. The van der Waals surface area contributed by atoms with Crippen LogP contribution in [-0.2, 0) is 10.0 Å². The van der Waals surface area contributed by atoms with Crippen molar-refractivity contribution in [3.8, 4) is 0 Å². The third-order valence-electron chi connectivity index (χ3n) is 3.95. The van der Waals surface area contributed by atoms with E-state index in [4.69, 9.17) is 11.6 Å². The van der Waals surface area contributed by atoms with Crippen LogP contribution in [0.4, 0.5) is 0 Å². The summed E-state index contributed by atoms with van der Waals surface area (Å²) in [6, 6.07) is 4.89. The number of hydrogen-bond donors (Lipinski definition) is 0. The number of hydrogen-bond acceptors (Lipinski definition) is 2. The number of nitrogens with zero attached hydrogens (tertiary/aromatic N) is 1. The van der Waals surface area contributed by atoms with Crippen molar-refractivity contribution in [2.75, 3.05) is 13.1 Å². The molecule has 0 aliphatic carbocycles. The highest BCUT2D eigenvalue weighted by atomic mass is 79.9. The van der Waals surface area contributed by atoms with Gasteiger partial charge in [0.1, 0.15) is 4.90 Å². The van der Waals surface area contributed by atoms with Gasteiger partial charge in [0.15, 0.2) is 0 Å².